The Kier molecular flexibility index (Phi) is 6.59. The minimum absolute atomic E-state index is 0.453. The van der Waals surface area contributed by atoms with Crippen molar-refractivity contribution in [3.63, 3.8) is 0 Å². The Morgan fingerprint density at radius 2 is 2.16 bits per heavy atom. The van der Waals surface area contributed by atoms with Crippen molar-refractivity contribution in [3.05, 3.63) is 6.20 Å². The molecule has 0 saturated heterocycles. The molecule has 1 amide bonds. The van der Waals surface area contributed by atoms with Crippen LogP contribution in [0.2, 0.25) is 0 Å². The maximum absolute atomic E-state index is 10.5. The molecule has 7 nitrogen and oxygen atoms in total. The molecule has 3 N–H and O–H groups in total. The molecule has 0 bridgehead atoms. The zero-order chi connectivity index (χ0) is 14.1. The molecule has 1 heterocycles. The third-order valence-corrected chi connectivity index (χ3v) is 2.59. The molecule has 0 aliphatic heterocycles. The summed E-state index contributed by atoms with van der Waals surface area (Å²) in [7, 11) is 3.86. The van der Waals surface area contributed by atoms with E-state index in [-0.39, 0.29) is 0 Å². The van der Waals surface area contributed by atoms with Gasteiger partial charge in [-0.05, 0) is 13.5 Å². The van der Waals surface area contributed by atoms with Crippen molar-refractivity contribution in [2.75, 3.05) is 49.3 Å². The Hall–Kier alpha value is -1.89. The Balaban J connectivity index is 2.86. The van der Waals surface area contributed by atoms with E-state index in [0.29, 0.717) is 18.0 Å². The van der Waals surface area contributed by atoms with E-state index in [4.69, 9.17) is 0 Å². The maximum atomic E-state index is 10.5. The minimum Gasteiger partial charge on any atom is -0.367 e. The molecule has 0 radical (unpaired) electrons. The lowest BCUT2D eigenvalue weighted by Gasteiger charge is -2.19. The van der Waals surface area contributed by atoms with Gasteiger partial charge in [0.25, 0.3) is 0 Å². The van der Waals surface area contributed by atoms with Crippen LogP contribution in [0.3, 0.4) is 0 Å². The lowest BCUT2D eigenvalue weighted by Crippen LogP contribution is -2.28. The number of carbonyl (C=O) groups excluding carboxylic acids is 1. The molecule has 0 fully saturated rings. The van der Waals surface area contributed by atoms with Crippen LogP contribution in [0, 0.1) is 0 Å². The molecule has 0 unspecified atom stereocenters. The summed E-state index contributed by atoms with van der Waals surface area (Å²) in [6.07, 6.45) is 3.23. The minimum atomic E-state index is 0.453. The van der Waals surface area contributed by atoms with Crippen molar-refractivity contribution in [2.45, 2.75) is 13.3 Å². The molecule has 0 atom stereocenters. The van der Waals surface area contributed by atoms with Gasteiger partial charge in [0.05, 0.1) is 6.20 Å². The average Bonchev–Trinajstić information content (AvgIpc) is 2.43. The van der Waals surface area contributed by atoms with E-state index in [1.807, 2.05) is 19.0 Å². The summed E-state index contributed by atoms with van der Waals surface area (Å²) < 4.78 is 0. The summed E-state index contributed by atoms with van der Waals surface area (Å²) in [5, 5.41) is 8.79. The highest BCUT2D eigenvalue weighted by Crippen LogP contribution is 2.19. The van der Waals surface area contributed by atoms with Gasteiger partial charge in [0.1, 0.15) is 5.82 Å². The second kappa shape index (κ2) is 8.25. The summed E-state index contributed by atoms with van der Waals surface area (Å²) in [6, 6.07) is 0. The first kappa shape index (κ1) is 15.2. The van der Waals surface area contributed by atoms with E-state index >= 15 is 0 Å². The van der Waals surface area contributed by atoms with E-state index in [2.05, 4.69) is 32.8 Å². The first-order valence-electron chi connectivity index (χ1n) is 6.39. The van der Waals surface area contributed by atoms with Crippen LogP contribution < -0.4 is 20.9 Å². The number of likely N-dealkylation sites (N-methyl/N-ethyl adjacent to an activating group) is 2. The van der Waals surface area contributed by atoms with Crippen LogP contribution >= 0.6 is 0 Å². The van der Waals surface area contributed by atoms with Crippen molar-refractivity contribution >= 4 is 23.9 Å². The number of anilines is 3. The van der Waals surface area contributed by atoms with Gasteiger partial charge in [-0.15, -0.1) is 0 Å². The molecule has 19 heavy (non-hydrogen) atoms. The monoisotopic (exact) mass is 266 g/mol. The van der Waals surface area contributed by atoms with Crippen LogP contribution in [0.5, 0.6) is 0 Å². The molecule has 0 spiro atoms. The fourth-order valence-corrected chi connectivity index (χ4v) is 1.49. The van der Waals surface area contributed by atoms with Crippen LogP contribution in [-0.4, -0.2) is 50.1 Å². The van der Waals surface area contributed by atoms with Crippen molar-refractivity contribution in [2.24, 2.45) is 0 Å². The van der Waals surface area contributed by atoms with Crippen molar-refractivity contribution in [1.82, 2.24) is 15.3 Å². The second-order valence-corrected chi connectivity index (χ2v) is 4.14. The summed E-state index contributed by atoms with van der Waals surface area (Å²) in [4.78, 5) is 21.2. The average molecular weight is 266 g/mol. The normalized spacial score (nSPS) is 10.1. The van der Waals surface area contributed by atoms with Gasteiger partial charge < -0.3 is 20.9 Å². The van der Waals surface area contributed by atoms with Gasteiger partial charge >= 0.3 is 0 Å². The number of hydrogen-bond acceptors (Lipinski definition) is 6. The number of carbonyl (C=O) groups is 1. The fourth-order valence-electron chi connectivity index (χ4n) is 1.49. The molecule has 0 aromatic carbocycles. The molecule has 0 aliphatic rings. The predicted molar refractivity (Wildman–Crippen MR) is 77.7 cm³/mol. The number of aromatic nitrogens is 2. The van der Waals surface area contributed by atoms with E-state index < -0.39 is 0 Å². The van der Waals surface area contributed by atoms with Crippen LogP contribution in [0.15, 0.2) is 6.20 Å². The first-order valence-corrected chi connectivity index (χ1v) is 6.39. The number of hydrogen-bond donors (Lipinski definition) is 3. The summed E-state index contributed by atoms with van der Waals surface area (Å²) >= 11 is 0. The van der Waals surface area contributed by atoms with E-state index in [0.717, 1.165) is 31.9 Å². The highest BCUT2D eigenvalue weighted by Gasteiger charge is 2.09. The predicted octanol–water partition coefficient (Wildman–Crippen LogP) is 0.522. The van der Waals surface area contributed by atoms with Gasteiger partial charge in [-0.25, -0.2) is 9.97 Å². The Morgan fingerprint density at radius 3 is 2.79 bits per heavy atom. The third-order valence-electron chi connectivity index (χ3n) is 2.59. The van der Waals surface area contributed by atoms with Crippen LogP contribution in [0.25, 0.3) is 0 Å². The van der Waals surface area contributed by atoms with Crippen molar-refractivity contribution in [3.8, 4) is 0 Å². The molecule has 7 heteroatoms. The maximum Gasteiger partial charge on any atom is 0.212 e. The SMILES string of the molecule is CCCNc1nc(N(C)CCNC)cnc1NC=O. The number of amides is 1. The molecule has 1 aromatic heterocycles. The molecule has 1 rings (SSSR count). The topological polar surface area (TPSA) is 82.2 Å². The molecule has 0 aliphatic carbocycles. The summed E-state index contributed by atoms with van der Waals surface area (Å²) in [5.74, 6) is 1.82. The molecular formula is C12H22N6O. The lowest BCUT2D eigenvalue weighted by molar-refractivity contribution is -0.105. The molecule has 0 saturated carbocycles. The standard InChI is InChI=1S/C12H22N6O/c1-4-5-14-12-11(16-9-19)15-8-10(17-12)18(3)7-6-13-2/h8-9,13H,4-7H2,1-3H3,(H,14,17)(H,15,16,19). The number of nitrogens with one attached hydrogen (secondary N) is 3. The fraction of sp³-hybridized carbons (Fsp3) is 0.583. The van der Waals surface area contributed by atoms with Gasteiger partial charge in [-0.3, -0.25) is 4.79 Å². The lowest BCUT2D eigenvalue weighted by atomic mass is 10.4. The largest absolute Gasteiger partial charge is 0.367 e. The van der Waals surface area contributed by atoms with Gasteiger partial charge in [0.15, 0.2) is 11.6 Å². The van der Waals surface area contributed by atoms with Gasteiger partial charge in [-0.1, -0.05) is 6.92 Å². The van der Waals surface area contributed by atoms with Gasteiger partial charge in [-0.2, -0.15) is 0 Å². The first-order chi connectivity index (χ1) is 9.22. The third kappa shape index (κ3) is 4.70. The van der Waals surface area contributed by atoms with Crippen LogP contribution in [-0.2, 0) is 4.79 Å². The Morgan fingerprint density at radius 1 is 1.37 bits per heavy atom. The number of rotatable bonds is 9. The van der Waals surface area contributed by atoms with Gasteiger partial charge in [0, 0.05) is 26.7 Å². The van der Waals surface area contributed by atoms with E-state index in [1.165, 1.54) is 0 Å². The molecule has 106 valence electrons. The Bertz CT molecular complexity index is 398. The summed E-state index contributed by atoms with van der Waals surface area (Å²) in [6.45, 7) is 4.55. The smallest absolute Gasteiger partial charge is 0.212 e. The van der Waals surface area contributed by atoms with E-state index in [1.54, 1.807) is 6.20 Å². The van der Waals surface area contributed by atoms with Crippen LogP contribution in [0.4, 0.5) is 17.5 Å². The van der Waals surface area contributed by atoms with E-state index in [9.17, 15) is 4.79 Å². The highest BCUT2D eigenvalue weighted by atomic mass is 16.1. The van der Waals surface area contributed by atoms with Crippen molar-refractivity contribution in [1.29, 1.82) is 0 Å². The highest BCUT2D eigenvalue weighted by molar-refractivity contribution is 5.76. The van der Waals surface area contributed by atoms with Crippen LogP contribution in [0.1, 0.15) is 13.3 Å². The summed E-state index contributed by atoms with van der Waals surface area (Å²) in [5.41, 5.74) is 0. The Labute approximate surface area is 113 Å². The second-order valence-electron chi connectivity index (χ2n) is 4.14. The van der Waals surface area contributed by atoms with Gasteiger partial charge in [0.2, 0.25) is 6.41 Å². The quantitative estimate of drug-likeness (QED) is 0.565. The zero-order valence-corrected chi connectivity index (χ0v) is 11.7. The van der Waals surface area contributed by atoms with Crippen molar-refractivity contribution < 1.29 is 4.79 Å². The molecular weight excluding hydrogens is 244 g/mol. The number of nitrogens with zero attached hydrogens (tertiary/aromatic N) is 3. The zero-order valence-electron chi connectivity index (χ0n) is 11.7. The molecule has 1 aromatic rings.